The number of ether oxygens (including phenoxy) is 1. The Balaban J connectivity index is 1.51. The van der Waals surface area contributed by atoms with Crippen molar-refractivity contribution in [1.82, 2.24) is 9.97 Å². The number of phenolic OH excluding ortho intramolecular Hbond substituents is 1. The molecule has 156 valence electrons. The van der Waals surface area contributed by atoms with E-state index in [1.165, 1.54) is 12.8 Å². The number of hydrogen-bond donors (Lipinski definition) is 2. The number of aromatic nitrogens is 2. The molecule has 2 aromatic carbocycles. The van der Waals surface area contributed by atoms with E-state index in [9.17, 15) is 5.11 Å². The normalized spacial score (nSPS) is 15.1. The lowest BCUT2D eigenvalue weighted by Gasteiger charge is -2.22. The molecule has 1 saturated carbocycles. The average Bonchev–Trinajstić information content (AvgIpc) is 3.33. The van der Waals surface area contributed by atoms with E-state index < -0.39 is 0 Å². The van der Waals surface area contributed by atoms with Crippen molar-refractivity contribution in [3.05, 3.63) is 90.3 Å². The van der Waals surface area contributed by atoms with Crippen LogP contribution >= 0.6 is 0 Å². The maximum Gasteiger partial charge on any atom is 0.147 e. The van der Waals surface area contributed by atoms with E-state index in [4.69, 9.17) is 4.74 Å². The third-order valence-electron chi connectivity index (χ3n) is 5.87. The van der Waals surface area contributed by atoms with E-state index in [1.54, 1.807) is 12.4 Å². The maximum atomic E-state index is 11.1. The number of phenols is 1. The molecule has 0 unspecified atom stereocenters. The smallest absolute Gasteiger partial charge is 0.147 e. The van der Waals surface area contributed by atoms with Gasteiger partial charge in [-0.15, -0.1) is 0 Å². The van der Waals surface area contributed by atoms with Crippen molar-refractivity contribution in [2.45, 2.75) is 37.8 Å². The fourth-order valence-corrected chi connectivity index (χ4v) is 4.25. The van der Waals surface area contributed by atoms with Crippen molar-refractivity contribution in [2.75, 3.05) is 5.32 Å². The summed E-state index contributed by atoms with van der Waals surface area (Å²) in [5.41, 5.74) is 2.35. The van der Waals surface area contributed by atoms with E-state index in [2.05, 4.69) is 15.3 Å². The van der Waals surface area contributed by atoms with Crippen molar-refractivity contribution in [1.29, 1.82) is 0 Å². The van der Waals surface area contributed by atoms with Crippen LogP contribution in [0.15, 0.2) is 79.1 Å². The van der Waals surface area contributed by atoms with Gasteiger partial charge in [0, 0.05) is 23.3 Å². The lowest BCUT2D eigenvalue weighted by atomic mass is 9.96. The van der Waals surface area contributed by atoms with Gasteiger partial charge in [0.15, 0.2) is 0 Å². The van der Waals surface area contributed by atoms with Gasteiger partial charge in [-0.1, -0.05) is 36.4 Å². The largest absolute Gasteiger partial charge is 0.505 e. The number of nitrogens with one attached hydrogen (secondary N) is 1. The molecule has 2 aromatic heterocycles. The van der Waals surface area contributed by atoms with Gasteiger partial charge in [-0.05, 0) is 61.6 Å². The van der Waals surface area contributed by atoms with Crippen LogP contribution in [0.2, 0.25) is 0 Å². The van der Waals surface area contributed by atoms with Crippen LogP contribution in [0.4, 0.5) is 5.82 Å². The Morgan fingerprint density at radius 3 is 2.45 bits per heavy atom. The molecule has 2 N–H and O–H groups in total. The molecule has 1 aliphatic rings. The molecule has 0 saturated heterocycles. The first kappa shape index (κ1) is 19.4. The molecule has 0 amide bonds. The lowest BCUT2D eigenvalue weighted by Crippen LogP contribution is -2.14. The third kappa shape index (κ3) is 4.17. The topological polar surface area (TPSA) is 67.3 Å². The van der Waals surface area contributed by atoms with Gasteiger partial charge in [0.05, 0.1) is 12.1 Å². The first-order valence-electron chi connectivity index (χ1n) is 10.8. The van der Waals surface area contributed by atoms with Crippen LogP contribution in [-0.2, 0) is 0 Å². The summed E-state index contributed by atoms with van der Waals surface area (Å²) in [6.45, 7) is 0. The fourth-order valence-electron chi connectivity index (χ4n) is 4.25. The Bertz CT molecular complexity index is 1160. The zero-order valence-electron chi connectivity index (χ0n) is 17.2. The van der Waals surface area contributed by atoms with Gasteiger partial charge >= 0.3 is 0 Å². The monoisotopic (exact) mass is 411 g/mol. The predicted octanol–water partition coefficient (Wildman–Crippen LogP) is 5.86. The Morgan fingerprint density at radius 2 is 1.68 bits per heavy atom. The molecular formula is C26H25N3O2. The van der Waals surface area contributed by atoms with Gasteiger partial charge in [-0.2, -0.15) is 0 Å². The zero-order chi connectivity index (χ0) is 21.0. The fraction of sp³-hybridized carbons (Fsp3) is 0.231. The summed E-state index contributed by atoms with van der Waals surface area (Å²) in [5.74, 6) is 1.80. The summed E-state index contributed by atoms with van der Waals surface area (Å²) >= 11 is 0. The first-order chi connectivity index (χ1) is 15.3. The van der Waals surface area contributed by atoms with Crippen molar-refractivity contribution in [2.24, 2.45) is 0 Å². The molecule has 0 radical (unpaired) electrons. The summed E-state index contributed by atoms with van der Waals surface area (Å²) in [6.07, 6.45) is 8.51. The molecule has 0 spiro atoms. The minimum absolute atomic E-state index is 0.179. The number of rotatable bonds is 6. The summed E-state index contributed by atoms with van der Waals surface area (Å²) in [7, 11) is 0. The number of anilines is 1. The van der Waals surface area contributed by atoms with E-state index in [-0.39, 0.29) is 11.8 Å². The molecule has 1 atom stereocenters. The lowest BCUT2D eigenvalue weighted by molar-refractivity contribution is 0.210. The van der Waals surface area contributed by atoms with Crippen LogP contribution in [0.5, 0.6) is 11.5 Å². The summed E-state index contributed by atoms with van der Waals surface area (Å²) in [6, 6.07) is 21.3. The molecule has 5 heteroatoms. The average molecular weight is 412 g/mol. The molecule has 0 bridgehead atoms. The predicted molar refractivity (Wildman–Crippen MR) is 122 cm³/mol. The van der Waals surface area contributed by atoms with Gasteiger partial charge in [-0.25, -0.2) is 4.98 Å². The molecule has 0 aliphatic heterocycles. The summed E-state index contributed by atoms with van der Waals surface area (Å²) in [5, 5.41) is 15.4. The minimum atomic E-state index is -0.290. The maximum absolute atomic E-state index is 11.1. The number of aromatic hydroxyl groups is 1. The number of hydrogen-bond acceptors (Lipinski definition) is 5. The van der Waals surface area contributed by atoms with Crippen LogP contribution < -0.4 is 10.1 Å². The molecule has 1 aliphatic carbocycles. The van der Waals surface area contributed by atoms with Crippen LogP contribution in [0.1, 0.15) is 42.9 Å². The van der Waals surface area contributed by atoms with Gasteiger partial charge in [-0.3, -0.25) is 4.98 Å². The van der Waals surface area contributed by atoms with Gasteiger partial charge in [0.2, 0.25) is 0 Å². The van der Waals surface area contributed by atoms with Gasteiger partial charge in [0.1, 0.15) is 22.8 Å². The van der Waals surface area contributed by atoms with Crippen LogP contribution in [0.25, 0.3) is 10.9 Å². The quantitative estimate of drug-likeness (QED) is 0.416. The van der Waals surface area contributed by atoms with Crippen LogP contribution in [0, 0.1) is 0 Å². The molecule has 2 heterocycles. The molecule has 4 aromatic rings. The van der Waals surface area contributed by atoms with E-state index in [0.717, 1.165) is 40.9 Å². The van der Waals surface area contributed by atoms with Crippen molar-refractivity contribution < 1.29 is 9.84 Å². The SMILES string of the molecule is Oc1c([C@@H](Nc2ccccn2)c2ccc(OC3CCCC3)cc2)ccc2cccnc12. The second-order valence-corrected chi connectivity index (χ2v) is 7.96. The number of benzene rings is 2. The highest BCUT2D eigenvalue weighted by atomic mass is 16.5. The summed E-state index contributed by atoms with van der Waals surface area (Å²) in [4.78, 5) is 8.80. The molecule has 5 nitrogen and oxygen atoms in total. The van der Waals surface area contributed by atoms with Crippen molar-refractivity contribution in [3.63, 3.8) is 0 Å². The van der Waals surface area contributed by atoms with E-state index in [1.807, 2.05) is 66.7 Å². The third-order valence-corrected chi connectivity index (χ3v) is 5.87. The Hall–Kier alpha value is -3.60. The van der Waals surface area contributed by atoms with E-state index >= 15 is 0 Å². The molecule has 31 heavy (non-hydrogen) atoms. The molecular weight excluding hydrogens is 386 g/mol. The number of fused-ring (bicyclic) bond motifs is 1. The molecule has 1 fully saturated rings. The Labute approximate surface area is 181 Å². The Morgan fingerprint density at radius 1 is 0.871 bits per heavy atom. The van der Waals surface area contributed by atoms with Crippen molar-refractivity contribution in [3.8, 4) is 11.5 Å². The van der Waals surface area contributed by atoms with Gasteiger partial charge in [0.25, 0.3) is 0 Å². The first-order valence-corrected chi connectivity index (χ1v) is 10.8. The second-order valence-electron chi connectivity index (χ2n) is 7.96. The number of nitrogens with zero attached hydrogens (tertiary/aromatic N) is 2. The highest BCUT2D eigenvalue weighted by molar-refractivity contribution is 5.86. The highest BCUT2D eigenvalue weighted by Gasteiger charge is 2.21. The summed E-state index contributed by atoms with van der Waals surface area (Å²) < 4.78 is 6.12. The molecule has 5 rings (SSSR count). The van der Waals surface area contributed by atoms with Crippen LogP contribution in [0.3, 0.4) is 0 Å². The van der Waals surface area contributed by atoms with Crippen LogP contribution in [-0.4, -0.2) is 21.2 Å². The van der Waals surface area contributed by atoms with Gasteiger partial charge < -0.3 is 15.2 Å². The number of pyridine rings is 2. The van der Waals surface area contributed by atoms with E-state index in [0.29, 0.717) is 11.6 Å². The van der Waals surface area contributed by atoms with Crippen molar-refractivity contribution >= 4 is 16.7 Å². The highest BCUT2D eigenvalue weighted by Crippen LogP contribution is 2.36. The minimum Gasteiger partial charge on any atom is -0.505 e. The zero-order valence-corrected chi connectivity index (χ0v) is 17.2. The standard InChI is InChI=1S/C26H25N3O2/c30-26-22(15-12-18-6-5-17-28-25(18)26)24(29-23-9-3-4-16-27-23)19-10-13-21(14-11-19)31-20-7-1-2-8-20/h3-6,9-17,20,24,30H,1-2,7-8H2,(H,27,29)/t24-/m0/s1. The second kappa shape index (κ2) is 8.64. The Kier molecular flexibility index (Phi) is 5.40.